The Balaban J connectivity index is 2.34. The van der Waals surface area contributed by atoms with Crippen LogP contribution in [0.1, 0.15) is 13.3 Å². The third-order valence-electron chi connectivity index (χ3n) is 3.19. The van der Waals surface area contributed by atoms with Gasteiger partial charge in [-0.1, -0.05) is 6.92 Å². The van der Waals surface area contributed by atoms with Crippen LogP contribution in [0.2, 0.25) is 0 Å². The van der Waals surface area contributed by atoms with Gasteiger partial charge in [-0.15, -0.1) is 34.8 Å². The summed E-state index contributed by atoms with van der Waals surface area (Å²) in [5, 5.41) is 14.7. The molecule has 3 unspecified atom stereocenters. The number of carboxylic acid groups (broad SMARTS) is 1. The van der Waals surface area contributed by atoms with Gasteiger partial charge in [0.2, 0.25) is 0 Å². The van der Waals surface area contributed by atoms with Crippen LogP contribution in [0.25, 0.3) is 0 Å². The van der Waals surface area contributed by atoms with Crippen molar-refractivity contribution in [3.8, 4) is 0 Å². The molecule has 0 bridgehead atoms. The molecule has 3 atom stereocenters. The van der Waals surface area contributed by atoms with Crippen molar-refractivity contribution in [1.82, 2.24) is 10.6 Å². The smallest absolute Gasteiger partial charge is 0.335 e. The Kier molecular flexibility index (Phi) is 4.61. The predicted molar refractivity (Wildman–Crippen MR) is 76.2 cm³/mol. The summed E-state index contributed by atoms with van der Waals surface area (Å²) in [6, 6.07) is 0.0172. The highest BCUT2D eigenvalue weighted by molar-refractivity contribution is 6.48. The molecule has 0 saturated carbocycles. The number of fused-ring (bicyclic) bond motifs is 1. The Bertz CT molecular complexity index is 450. The van der Waals surface area contributed by atoms with E-state index >= 15 is 0 Å². The fourth-order valence-electron chi connectivity index (χ4n) is 2.19. The second-order valence-electron chi connectivity index (χ2n) is 4.38. The van der Waals surface area contributed by atoms with Gasteiger partial charge in [0.05, 0.1) is 23.0 Å². The van der Waals surface area contributed by atoms with E-state index in [2.05, 4.69) is 15.6 Å². The van der Waals surface area contributed by atoms with Gasteiger partial charge >= 0.3 is 5.97 Å². The van der Waals surface area contributed by atoms with Crippen molar-refractivity contribution in [2.24, 2.45) is 4.99 Å². The third-order valence-corrected chi connectivity index (χ3v) is 4.48. The molecule has 0 amide bonds. The lowest BCUT2D eigenvalue weighted by Crippen LogP contribution is -2.45. The maximum atomic E-state index is 11.2. The molecule has 0 aromatic carbocycles. The molecule has 19 heavy (non-hydrogen) atoms. The van der Waals surface area contributed by atoms with E-state index < -0.39 is 22.3 Å². The van der Waals surface area contributed by atoms with Crippen LogP contribution in [-0.2, 0) is 4.79 Å². The van der Waals surface area contributed by atoms with Crippen LogP contribution in [0.5, 0.6) is 0 Å². The Labute approximate surface area is 126 Å². The first kappa shape index (κ1) is 14.9. The van der Waals surface area contributed by atoms with E-state index in [9.17, 15) is 9.90 Å². The van der Waals surface area contributed by atoms with Crippen LogP contribution >= 0.6 is 34.8 Å². The van der Waals surface area contributed by atoms with Crippen molar-refractivity contribution in [3.63, 3.8) is 0 Å². The molecule has 2 heterocycles. The third kappa shape index (κ3) is 2.84. The van der Waals surface area contributed by atoms with Gasteiger partial charge in [0.1, 0.15) is 16.4 Å². The van der Waals surface area contributed by atoms with Gasteiger partial charge in [-0.25, -0.2) is 4.79 Å². The van der Waals surface area contributed by atoms with Crippen LogP contribution < -0.4 is 10.6 Å². The van der Waals surface area contributed by atoms with Gasteiger partial charge in [-0.3, -0.25) is 4.99 Å². The maximum Gasteiger partial charge on any atom is 0.335 e. The van der Waals surface area contributed by atoms with Gasteiger partial charge in [-0.05, 0) is 6.42 Å². The molecule has 8 heteroatoms. The van der Waals surface area contributed by atoms with Crippen LogP contribution in [0.15, 0.2) is 16.3 Å². The highest BCUT2D eigenvalue weighted by atomic mass is 35.5. The number of nitrogens with zero attached hydrogens (tertiary/aromatic N) is 1. The zero-order valence-electron chi connectivity index (χ0n) is 10.2. The molecule has 0 radical (unpaired) electrons. The Hall–Kier alpha value is -0.490. The van der Waals surface area contributed by atoms with Gasteiger partial charge in [0.25, 0.3) is 0 Å². The molecular formula is C11H14Cl3N3O2. The van der Waals surface area contributed by atoms with E-state index in [0.29, 0.717) is 18.0 Å². The zero-order chi connectivity index (χ0) is 14.2. The number of hydrogen-bond acceptors (Lipinski definition) is 4. The number of halogens is 3. The average Bonchev–Trinajstić information content (AvgIpc) is 2.80. The first-order valence-corrected chi connectivity index (χ1v) is 7.23. The molecule has 0 aromatic rings. The number of alkyl halides is 3. The molecule has 0 fully saturated rings. The topological polar surface area (TPSA) is 73.7 Å². The summed E-state index contributed by atoms with van der Waals surface area (Å²) in [6.07, 6.45) is 0.303. The summed E-state index contributed by atoms with van der Waals surface area (Å²) in [4.78, 5) is 14.9. The van der Waals surface area contributed by atoms with Crippen molar-refractivity contribution in [1.29, 1.82) is 0 Å². The second-order valence-corrected chi connectivity index (χ2v) is 6.05. The molecule has 106 valence electrons. The summed E-state index contributed by atoms with van der Waals surface area (Å²) in [6.45, 7) is 2.29. The summed E-state index contributed by atoms with van der Waals surface area (Å²) in [7, 11) is 0. The quantitative estimate of drug-likeness (QED) is 0.684. The molecule has 5 nitrogen and oxygen atoms in total. The van der Waals surface area contributed by atoms with E-state index in [4.69, 9.17) is 34.8 Å². The minimum absolute atomic E-state index is 0.0172. The van der Waals surface area contributed by atoms with E-state index in [1.165, 1.54) is 0 Å². The highest BCUT2D eigenvalue weighted by Crippen LogP contribution is 2.27. The number of hydrogen-bond donors (Lipinski definition) is 3. The van der Waals surface area contributed by atoms with Crippen molar-refractivity contribution in [2.45, 2.75) is 35.8 Å². The number of aliphatic imine (C=N–C) groups is 1. The summed E-state index contributed by atoms with van der Waals surface area (Å²) in [5.74, 6) is -0.975. The lowest BCUT2D eigenvalue weighted by Gasteiger charge is -2.25. The highest BCUT2D eigenvalue weighted by Gasteiger charge is 2.38. The van der Waals surface area contributed by atoms with Gasteiger partial charge in [-0.2, -0.15) is 0 Å². The van der Waals surface area contributed by atoms with Crippen molar-refractivity contribution < 1.29 is 9.90 Å². The molecule has 0 aliphatic carbocycles. The predicted octanol–water partition coefficient (Wildman–Crippen LogP) is 1.49. The van der Waals surface area contributed by atoms with Crippen molar-refractivity contribution in [3.05, 3.63) is 11.3 Å². The van der Waals surface area contributed by atoms with Gasteiger partial charge in [0.15, 0.2) is 0 Å². The Morgan fingerprint density at radius 1 is 1.53 bits per heavy atom. The summed E-state index contributed by atoms with van der Waals surface area (Å²) >= 11 is 17.6. The van der Waals surface area contributed by atoms with Crippen molar-refractivity contribution >= 4 is 46.5 Å². The Morgan fingerprint density at radius 2 is 2.21 bits per heavy atom. The Morgan fingerprint density at radius 3 is 2.74 bits per heavy atom. The SMILES string of the molecule is CCC1NCC(C(=O)O)=C2NC(C(Cl)C(Cl)Cl)N=C21. The summed E-state index contributed by atoms with van der Waals surface area (Å²) in [5.41, 5.74) is 1.49. The van der Waals surface area contributed by atoms with Crippen molar-refractivity contribution in [2.75, 3.05) is 6.54 Å². The van der Waals surface area contributed by atoms with Crippen LogP contribution in [0, 0.1) is 0 Å². The van der Waals surface area contributed by atoms with Gasteiger partial charge < -0.3 is 15.7 Å². The number of aliphatic carboxylic acids is 1. The fraction of sp³-hybridized carbons (Fsp3) is 0.636. The lowest BCUT2D eigenvalue weighted by atomic mass is 9.98. The minimum atomic E-state index is -0.975. The molecule has 2 rings (SSSR count). The molecule has 2 aliphatic heterocycles. The fourth-order valence-corrected chi connectivity index (χ4v) is 2.59. The van der Waals surface area contributed by atoms with Gasteiger partial charge in [0, 0.05) is 6.54 Å². The second kappa shape index (κ2) is 5.87. The van der Waals surface area contributed by atoms with Crippen LogP contribution in [0.4, 0.5) is 0 Å². The number of nitrogens with one attached hydrogen (secondary N) is 2. The van der Waals surface area contributed by atoms with Crippen LogP contribution in [0.3, 0.4) is 0 Å². The van der Waals surface area contributed by atoms with Crippen LogP contribution in [-0.4, -0.2) is 45.8 Å². The maximum absolute atomic E-state index is 11.2. The van der Waals surface area contributed by atoms with E-state index in [0.717, 1.165) is 6.42 Å². The lowest BCUT2D eigenvalue weighted by molar-refractivity contribution is -0.132. The number of rotatable bonds is 4. The number of carbonyl (C=O) groups is 1. The molecule has 0 saturated heterocycles. The molecule has 0 spiro atoms. The summed E-state index contributed by atoms with van der Waals surface area (Å²) < 4.78 is 0. The largest absolute Gasteiger partial charge is 0.478 e. The molecular weight excluding hydrogens is 312 g/mol. The normalized spacial score (nSPS) is 27.9. The monoisotopic (exact) mass is 325 g/mol. The van der Waals surface area contributed by atoms with E-state index in [1.54, 1.807) is 0 Å². The van der Waals surface area contributed by atoms with E-state index in [1.807, 2.05) is 6.92 Å². The first-order valence-electron chi connectivity index (χ1n) is 5.92. The average molecular weight is 327 g/mol. The zero-order valence-corrected chi connectivity index (χ0v) is 12.4. The molecule has 2 aliphatic rings. The van der Waals surface area contributed by atoms with E-state index in [-0.39, 0.29) is 11.6 Å². The standard InChI is InChI=1S/C11H14Cl3N3O2/c1-2-5-8-7(4(3-15-5)11(18)19)16-10(17-8)6(12)9(13)14/h5-6,9-10,15-16H,2-3H2,1H3,(H,18,19). The first-order chi connectivity index (χ1) is 8.95. The minimum Gasteiger partial charge on any atom is -0.478 e. The number of carboxylic acids is 1. The molecule has 3 N–H and O–H groups in total. The molecule has 0 aromatic heterocycles.